The van der Waals surface area contributed by atoms with E-state index in [0.717, 1.165) is 4.47 Å². The summed E-state index contributed by atoms with van der Waals surface area (Å²) in [6.07, 6.45) is 0.995. The molecule has 1 saturated heterocycles. The zero-order valence-electron chi connectivity index (χ0n) is 11.0. The Hall–Kier alpha value is -1.07. The Labute approximate surface area is 130 Å². The van der Waals surface area contributed by atoms with E-state index in [1.165, 1.54) is 0 Å². The molecule has 6 heteroatoms. The van der Waals surface area contributed by atoms with E-state index in [0.29, 0.717) is 30.0 Å². The maximum absolute atomic E-state index is 12.5. The van der Waals surface area contributed by atoms with Crippen molar-refractivity contribution < 1.29 is 14.7 Å². The van der Waals surface area contributed by atoms with Crippen molar-refractivity contribution in [3.8, 4) is 0 Å². The summed E-state index contributed by atoms with van der Waals surface area (Å²) < 4.78 is 0.768. The number of carboxylic acid groups (broad SMARTS) is 1. The van der Waals surface area contributed by atoms with Gasteiger partial charge in [0.1, 0.15) is 0 Å². The Kier molecular flexibility index (Phi) is 4.39. The zero-order valence-corrected chi connectivity index (χ0v) is 13.4. The van der Waals surface area contributed by atoms with Gasteiger partial charge in [-0.2, -0.15) is 0 Å². The predicted octanol–water partition coefficient (Wildman–Crippen LogP) is 3.43. The molecule has 0 radical (unpaired) electrons. The number of nitrogens with zero attached hydrogens (tertiary/aromatic N) is 1. The molecule has 0 spiro atoms. The molecule has 1 unspecified atom stereocenters. The van der Waals surface area contributed by atoms with Crippen molar-refractivity contribution >= 4 is 39.4 Å². The van der Waals surface area contributed by atoms with Gasteiger partial charge in [-0.25, -0.2) is 0 Å². The average molecular weight is 361 g/mol. The molecule has 1 aliphatic heterocycles. The molecule has 1 aliphatic rings. The van der Waals surface area contributed by atoms with Crippen molar-refractivity contribution in [3.05, 3.63) is 33.3 Å². The molecule has 0 bridgehead atoms. The fraction of sp³-hybridized carbons (Fsp3) is 0.429. The highest BCUT2D eigenvalue weighted by Gasteiger charge is 2.45. The molecule has 1 fully saturated rings. The lowest BCUT2D eigenvalue weighted by Crippen LogP contribution is -2.36. The van der Waals surface area contributed by atoms with Crippen LogP contribution in [0.5, 0.6) is 0 Å². The second-order valence-electron chi connectivity index (χ2n) is 5.04. The van der Waals surface area contributed by atoms with Crippen molar-refractivity contribution in [3.63, 3.8) is 0 Å². The van der Waals surface area contributed by atoms with Crippen molar-refractivity contribution in [2.75, 3.05) is 13.1 Å². The van der Waals surface area contributed by atoms with Gasteiger partial charge < -0.3 is 10.0 Å². The molecule has 1 aromatic carbocycles. The van der Waals surface area contributed by atoms with Gasteiger partial charge in [0.05, 0.1) is 16.0 Å². The number of halogens is 2. The average Bonchev–Trinajstić information content (AvgIpc) is 2.86. The number of carbonyl (C=O) groups excluding carboxylic acids is 1. The lowest BCUT2D eigenvalue weighted by Gasteiger charge is -2.23. The molecule has 20 heavy (non-hydrogen) atoms. The van der Waals surface area contributed by atoms with Gasteiger partial charge in [-0.3, -0.25) is 9.59 Å². The van der Waals surface area contributed by atoms with E-state index in [4.69, 9.17) is 11.6 Å². The third-order valence-corrected chi connectivity index (χ3v) is 4.75. The molecule has 1 amide bonds. The van der Waals surface area contributed by atoms with Gasteiger partial charge in [0.2, 0.25) is 0 Å². The smallest absolute Gasteiger partial charge is 0.311 e. The van der Waals surface area contributed by atoms with Gasteiger partial charge in [0.15, 0.2) is 0 Å². The highest BCUT2D eigenvalue weighted by atomic mass is 79.9. The molecule has 1 N–H and O–H groups in total. The summed E-state index contributed by atoms with van der Waals surface area (Å²) in [4.78, 5) is 25.5. The lowest BCUT2D eigenvalue weighted by molar-refractivity contribution is -0.148. The molecular formula is C14H15BrClNO3. The van der Waals surface area contributed by atoms with Gasteiger partial charge in [-0.1, -0.05) is 34.5 Å². The van der Waals surface area contributed by atoms with Crippen molar-refractivity contribution in [1.29, 1.82) is 0 Å². The number of hydrogen-bond donors (Lipinski definition) is 1. The number of carbonyl (C=O) groups is 2. The van der Waals surface area contributed by atoms with Crippen LogP contribution in [0.2, 0.25) is 5.02 Å². The van der Waals surface area contributed by atoms with E-state index in [1.54, 1.807) is 23.1 Å². The molecule has 1 atom stereocenters. The first-order chi connectivity index (χ1) is 9.39. The van der Waals surface area contributed by atoms with Crippen LogP contribution in [0.15, 0.2) is 22.7 Å². The summed E-state index contributed by atoms with van der Waals surface area (Å²) in [6, 6.07) is 5.08. The minimum absolute atomic E-state index is 0.215. The number of hydrogen-bond acceptors (Lipinski definition) is 2. The molecule has 108 valence electrons. The van der Waals surface area contributed by atoms with E-state index in [9.17, 15) is 14.7 Å². The largest absolute Gasteiger partial charge is 0.481 e. The minimum atomic E-state index is -0.837. The van der Waals surface area contributed by atoms with Crippen LogP contribution in [0.1, 0.15) is 30.1 Å². The maximum atomic E-state index is 12.5. The van der Waals surface area contributed by atoms with Gasteiger partial charge in [-0.05, 0) is 31.0 Å². The van der Waals surface area contributed by atoms with Crippen LogP contribution in [0.4, 0.5) is 0 Å². The first kappa shape index (κ1) is 15.3. The number of carboxylic acids is 1. The lowest BCUT2D eigenvalue weighted by atomic mass is 9.84. The maximum Gasteiger partial charge on any atom is 0.311 e. The number of amides is 1. The SMILES string of the molecule is CCC1(C(=O)O)CCN(C(=O)c2cc(Br)ccc2Cl)C1. The van der Waals surface area contributed by atoms with Crippen molar-refractivity contribution in [1.82, 2.24) is 4.90 Å². The molecule has 1 heterocycles. The van der Waals surface area contributed by atoms with Crippen molar-refractivity contribution in [2.24, 2.45) is 5.41 Å². The van der Waals surface area contributed by atoms with Gasteiger partial charge in [0.25, 0.3) is 5.91 Å². The molecule has 0 aromatic heterocycles. The van der Waals surface area contributed by atoms with Gasteiger partial charge in [-0.15, -0.1) is 0 Å². The Morgan fingerprint density at radius 3 is 2.75 bits per heavy atom. The summed E-state index contributed by atoms with van der Waals surface area (Å²) >= 11 is 9.36. The molecule has 1 aromatic rings. The monoisotopic (exact) mass is 359 g/mol. The van der Waals surface area contributed by atoms with E-state index in [-0.39, 0.29) is 12.5 Å². The fourth-order valence-corrected chi connectivity index (χ4v) is 3.05. The summed E-state index contributed by atoms with van der Waals surface area (Å²) in [6.45, 7) is 2.52. The number of benzene rings is 1. The Balaban J connectivity index is 2.24. The second kappa shape index (κ2) is 5.74. The van der Waals surface area contributed by atoms with Crippen LogP contribution in [0.25, 0.3) is 0 Å². The second-order valence-corrected chi connectivity index (χ2v) is 6.36. The first-order valence-electron chi connectivity index (χ1n) is 6.37. The minimum Gasteiger partial charge on any atom is -0.481 e. The Morgan fingerprint density at radius 1 is 1.50 bits per heavy atom. The van der Waals surface area contributed by atoms with Crippen molar-refractivity contribution in [2.45, 2.75) is 19.8 Å². The van der Waals surface area contributed by atoms with Crippen LogP contribution in [-0.4, -0.2) is 35.0 Å². The molecular weight excluding hydrogens is 346 g/mol. The van der Waals surface area contributed by atoms with Crippen LogP contribution in [0.3, 0.4) is 0 Å². The molecule has 0 saturated carbocycles. The molecule has 4 nitrogen and oxygen atoms in total. The quantitative estimate of drug-likeness (QED) is 0.898. The Bertz CT molecular complexity index is 563. The van der Waals surface area contributed by atoms with Gasteiger partial charge >= 0.3 is 5.97 Å². The Morgan fingerprint density at radius 2 is 2.20 bits per heavy atom. The highest BCUT2D eigenvalue weighted by molar-refractivity contribution is 9.10. The normalized spacial score (nSPS) is 22.1. The van der Waals surface area contributed by atoms with Gasteiger partial charge in [0, 0.05) is 17.6 Å². The highest BCUT2D eigenvalue weighted by Crippen LogP contribution is 2.35. The topological polar surface area (TPSA) is 57.6 Å². The predicted molar refractivity (Wildman–Crippen MR) is 80.0 cm³/mol. The van der Waals surface area contributed by atoms with Crippen LogP contribution >= 0.6 is 27.5 Å². The van der Waals surface area contributed by atoms with E-state index in [2.05, 4.69) is 15.9 Å². The van der Waals surface area contributed by atoms with E-state index >= 15 is 0 Å². The standard InChI is InChI=1S/C14H15BrClNO3/c1-2-14(13(19)20)5-6-17(8-14)12(18)10-7-9(15)3-4-11(10)16/h3-4,7H,2,5-6,8H2,1H3,(H,19,20). The summed E-state index contributed by atoms with van der Waals surface area (Å²) in [5.74, 6) is -1.05. The van der Waals surface area contributed by atoms with Crippen LogP contribution in [0, 0.1) is 5.41 Å². The van der Waals surface area contributed by atoms with E-state index < -0.39 is 11.4 Å². The van der Waals surface area contributed by atoms with E-state index in [1.807, 2.05) is 6.92 Å². The van der Waals surface area contributed by atoms with Crippen LogP contribution in [-0.2, 0) is 4.79 Å². The summed E-state index contributed by atoms with van der Waals surface area (Å²) in [5, 5.41) is 9.74. The third-order valence-electron chi connectivity index (χ3n) is 3.93. The summed E-state index contributed by atoms with van der Waals surface area (Å²) in [7, 11) is 0. The zero-order chi connectivity index (χ0) is 14.9. The number of aliphatic carboxylic acids is 1. The van der Waals surface area contributed by atoms with Crippen LogP contribution < -0.4 is 0 Å². The fourth-order valence-electron chi connectivity index (χ4n) is 2.49. The summed E-state index contributed by atoms with van der Waals surface area (Å²) in [5.41, 5.74) is -0.424. The number of likely N-dealkylation sites (tertiary alicyclic amines) is 1. The first-order valence-corrected chi connectivity index (χ1v) is 7.54. The molecule has 0 aliphatic carbocycles. The molecule has 2 rings (SSSR count). The number of rotatable bonds is 3. The third kappa shape index (κ3) is 2.69.